The SMILES string of the molecule is Cc1cc(N(C)CCC2CCC(=O)N2C)nn1C1CC2(CNC2)C1. The third-order valence-corrected chi connectivity index (χ3v) is 6.41. The molecule has 1 aromatic heterocycles. The van der Waals surface area contributed by atoms with Gasteiger partial charge in [0, 0.05) is 58.0 Å². The van der Waals surface area contributed by atoms with E-state index in [0.717, 1.165) is 25.2 Å². The van der Waals surface area contributed by atoms with Crippen molar-refractivity contribution in [2.24, 2.45) is 5.41 Å². The van der Waals surface area contributed by atoms with Crippen LogP contribution >= 0.6 is 0 Å². The largest absolute Gasteiger partial charge is 0.358 e. The number of nitrogens with one attached hydrogen (secondary N) is 1. The van der Waals surface area contributed by atoms with E-state index in [1.807, 2.05) is 11.9 Å². The summed E-state index contributed by atoms with van der Waals surface area (Å²) in [7, 11) is 4.04. The van der Waals surface area contributed by atoms with E-state index in [9.17, 15) is 4.79 Å². The zero-order chi connectivity index (χ0) is 16.9. The van der Waals surface area contributed by atoms with Crippen LogP contribution in [0.4, 0.5) is 5.82 Å². The summed E-state index contributed by atoms with van der Waals surface area (Å²) in [6.45, 7) is 5.48. The first-order chi connectivity index (χ1) is 11.5. The van der Waals surface area contributed by atoms with Crippen LogP contribution in [0.5, 0.6) is 0 Å². The van der Waals surface area contributed by atoms with Crippen molar-refractivity contribution in [2.75, 3.05) is 38.6 Å². The van der Waals surface area contributed by atoms with Crippen molar-refractivity contribution in [3.63, 3.8) is 0 Å². The number of anilines is 1. The molecule has 0 radical (unpaired) electrons. The van der Waals surface area contributed by atoms with Gasteiger partial charge >= 0.3 is 0 Å². The number of aryl methyl sites for hydroxylation is 1. The Bertz CT molecular complexity index is 627. The maximum Gasteiger partial charge on any atom is 0.222 e. The number of hydrogen-bond donors (Lipinski definition) is 1. The van der Waals surface area contributed by atoms with Gasteiger partial charge in [-0.3, -0.25) is 9.48 Å². The summed E-state index contributed by atoms with van der Waals surface area (Å²) in [5.74, 6) is 1.35. The molecule has 1 saturated carbocycles. The highest BCUT2D eigenvalue weighted by Crippen LogP contribution is 2.51. The van der Waals surface area contributed by atoms with Gasteiger partial charge in [0.1, 0.15) is 0 Å². The summed E-state index contributed by atoms with van der Waals surface area (Å²) in [6.07, 6.45) is 5.25. The van der Waals surface area contributed by atoms with Crippen LogP contribution in [-0.2, 0) is 4.79 Å². The second-order valence-electron chi connectivity index (χ2n) is 8.16. The predicted octanol–water partition coefficient (Wildman–Crippen LogP) is 1.56. The topological polar surface area (TPSA) is 53.4 Å². The third kappa shape index (κ3) is 2.61. The van der Waals surface area contributed by atoms with E-state index in [-0.39, 0.29) is 5.91 Å². The number of carbonyl (C=O) groups is 1. The number of carbonyl (C=O) groups excluding carboxylic acids is 1. The Morgan fingerprint density at radius 2 is 2.17 bits per heavy atom. The van der Waals surface area contributed by atoms with E-state index in [0.29, 0.717) is 23.9 Å². The lowest BCUT2D eigenvalue weighted by Crippen LogP contribution is -2.60. The molecule has 1 amide bonds. The molecule has 6 heteroatoms. The minimum Gasteiger partial charge on any atom is -0.358 e. The number of aromatic nitrogens is 2. The predicted molar refractivity (Wildman–Crippen MR) is 94.2 cm³/mol. The first kappa shape index (κ1) is 15.9. The Kier molecular flexibility index (Phi) is 3.82. The molecule has 2 saturated heterocycles. The van der Waals surface area contributed by atoms with Crippen molar-refractivity contribution in [2.45, 2.75) is 51.1 Å². The standard InChI is InChI=1S/C18H29N5O/c1-13-8-16(20-23(13)15-9-18(10-15)11-19-12-18)21(2)7-6-14-4-5-17(24)22(14)3/h8,14-15,19H,4-7,9-12H2,1-3H3. The summed E-state index contributed by atoms with van der Waals surface area (Å²) in [6, 6.07) is 3.17. The van der Waals surface area contributed by atoms with Gasteiger partial charge in [-0.15, -0.1) is 0 Å². The molecule has 24 heavy (non-hydrogen) atoms. The van der Waals surface area contributed by atoms with Gasteiger partial charge in [-0.25, -0.2) is 0 Å². The highest BCUT2D eigenvalue weighted by atomic mass is 16.2. The average Bonchev–Trinajstić information content (AvgIpc) is 2.99. The fourth-order valence-electron chi connectivity index (χ4n) is 4.57. The van der Waals surface area contributed by atoms with Crippen molar-refractivity contribution < 1.29 is 4.79 Å². The molecule has 1 unspecified atom stereocenters. The zero-order valence-electron chi connectivity index (χ0n) is 15.1. The van der Waals surface area contributed by atoms with Crippen LogP contribution in [0.3, 0.4) is 0 Å². The van der Waals surface area contributed by atoms with Gasteiger partial charge in [0.15, 0.2) is 5.82 Å². The first-order valence-corrected chi connectivity index (χ1v) is 9.21. The van der Waals surface area contributed by atoms with Gasteiger partial charge < -0.3 is 15.1 Å². The van der Waals surface area contributed by atoms with Crippen LogP contribution in [0.25, 0.3) is 0 Å². The van der Waals surface area contributed by atoms with Gasteiger partial charge in [-0.1, -0.05) is 0 Å². The van der Waals surface area contributed by atoms with E-state index in [1.54, 1.807) is 0 Å². The smallest absolute Gasteiger partial charge is 0.222 e. The third-order valence-electron chi connectivity index (χ3n) is 6.41. The number of likely N-dealkylation sites (tertiary alicyclic amines) is 1. The molecule has 1 atom stereocenters. The monoisotopic (exact) mass is 331 g/mol. The highest BCUT2D eigenvalue weighted by Gasteiger charge is 2.49. The molecule has 1 aromatic rings. The molecule has 0 bridgehead atoms. The molecule has 3 fully saturated rings. The zero-order valence-corrected chi connectivity index (χ0v) is 15.1. The van der Waals surface area contributed by atoms with E-state index >= 15 is 0 Å². The van der Waals surface area contributed by atoms with Gasteiger partial charge in [0.2, 0.25) is 5.91 Å². The van der Waals surface area contributed by atoms with Crippen molar-refractivity contribution in [1.82, 2.24) is 20.0 Å². The van der Waals surface area contributed by atoms with E-state index < -0.39 is 0 Å². The molecule has 2 aliphatic heterocycles. The lowest BCUT2D eigenvalue weighted by molar-refractivity contribution is -0.127. The Morgan fingerprint density at radius 1 is 1.42 bits per heavy atom. The number of amides is 1. The quantitative estimate of drug-likeness (QED) is 0.890. The van der Waals surface area contributed by atoms with Crippen LogP contribution in [0, 0.1) is 12.3 Å². The van der Waals surface area contributed by atoms with Gasteiger partial charge in [-0.05, 0) is 38.0 Å². The molecule has 4 rings (SSSR count). The van der Waals surface area contributed by atoms with Crippen LogP contribution < -0.4 is 10.2 Å². The fourth-order valence-corrected chi connectivity index (χ4v) is 4.57. The van der Waals surface area contributed by atoms with Crippen molar-refractivity contribution in [3.8, 4) is 0 Å². The first-order valence-electron chi connectivity index (χ1n) is 9.21. The number of nitrogens with zero attached hydrogens (tertiary/aromatic N) is 4. The van der Waals surface area contributed by atoms with Crippen molar-refractivity contribution in [3.05, 3.63) is 11.8 Å². The minimum absolute atomic E-state index is 0.284. The van der Waals surface area contributed by atoms with Crippen LogP contribution in [0.2, 0.25) is 0 Å². The molecule has 0 aromatic carbocycles. The summed E-state index contributed by atoms with van der Waals surface area (Å²) in [5, 5.41) is 8.27. The molecule has 3 heterocycles. The second kappa shape index (κ2) is 5.76. The van der Waals surface area contributed by atoms with E-state index in [2.05, 4.69) is 34.9 Å². The minimum atomic E-state index is 0.284. The van der Waals surface area contributed by atoms with Gasteiger partial charge in [0.05, 0.1) is 6.04 Å². The summed E-state index contributed by atoms with van der Waals surface area (Å²) in [4.78, 5) is 15.8. The van der Waals surface area contributed by atoms with Crippen LogP contribution in [0.15, 0.2) is 6.07 Å². The maximum absolute atomic E-state index is 11.6. The summed E-state index contributed by atoms with van der Waals surface area (Å²) in [5.41, 5.74) is 1.84. The normalized spacial score (nSPS) is 25.9. The Morgan fingerprint density at radius 3 is 2.75 bits per heavy atom. The lowest BCUT2D eigenvalue weighted by Gasteiger charge is -2.54. The molecule has 132 valence electrons. The molecular formula is C18H29N5O. The summed E-state index contributed by atoms with van der Waals surface area (Å²) >= 11 is 0. The van der Waals surface area contributed by atoms with E-state index in [1.165, 1.54) is 31.6 Å². The maximum atomic E-state index is 11.6. The van der Waals surface area contributed by atoms with Crippen molar-refractivity contribution in [1.29, 1.82) is 0 Å². The Balaban J connectivity index is 1.34. The lowest BCUT2D eigenvalue weighted by atomic mass is 9.62. The van der Waals surface area contributed by atoms with Crippen LogP contribution in [-0.4, -0.2) is 60.4 Å². The van der Waals surface area contributed by atoms with Crippen molar-refractivity contribution >= 4 is 11.7 Å². The Labute approximate surface area is 144 Å². The summed E-state index contributed by atoms with van der Waals surface area (Å²) < 4.78 is 2.24. The Hall–Kier alpha value is -1.56. The molecule has 1 spiro atoms. The second-order valence-corrected chi connectivity index (χ2v) is 8.16. The average molecular weight is 331 g/mol. The highest BCUT2D eigenvalue weighted by molar-refractivity contribution is 5.78. The molecular weight excluding hydrogens is 302 g/mol. The number of rotatable bonds is 5. The fraction of sp³-hybridized carbons (Fsp3) is 0.778. The molecule has 1 N–H and O–H groups in total. The van der Waals surface area contributed by atoms with Gasteiger partial charge in [-0.2, -0.15) is 5.10 Å². The van der Waals surface area contributed by atoms with Crippen LogP contribution in [0.1, 0.15) is 43.8 Å². The van der Waals surface area contributed by atoms with E-state index in [4.69, 9.17) is 5.10 Å². The molecule has 3 aliphatic rings. The molecule has 6 nitrogen and oxygen atoms in total. The molecule has 1 aliphatic carbocycles. The number of hydrogen-bond acceptors (Lipinski definition) is 4. The van der Waals surface area contributed by atoms with Gasteiger partial charge in [0.25, 0.3) is 0 Å².